The molecule has 3 aromatic rings. The van der Waals surface area contributed by atoms with E-state index in [9.17, 15) is 15.0 Å². The van der Waals surface area contributed by atoms with Gasteiger partial charge in [0, 0.05) is 31.9 Å². The van der Waals surface area contributed by atoms with Gasteiger partial charge in [-0.05, 0) is 24.3 Å². The fourth-order valence-electron chi connectivity index (χ4n) is 2.49. The minimum atomic E-state index is -0.609. The lowest BCUT2D eigenvalue weighted by molar-refractivity contribution is 0.0490. The molecule has 0 aliphatic heterocycles. The van der Waals surface area contributed by atoms with Gasteiger partial charge in [0.2, 0.25) is 5.75 Å². The maximum atomic E-state index is 12.4. The summed E-state index contributed by atoms with van der Waals surface area (Å²) in [7, 11) is 2.94. The summed E-state index contributed by atoms with van der Waals surface area (Å²) in [5, 5.41) is 20.0. The normalized spacial score (nSPS) is 10.9. The first-order chi connectivity index (χ1) is 13.0. The van der Waals surface area contributed by atoms with Gasteiger partial charge < -0.3 is 33.6 Å². The number of rotatable bonds is 7. The van der Waals surface area contributed by atoms with Gasteiger partial charge in [0.25, 0.3) is 0 Å². The minimum absolute atomic E-state index is 0.0644. The Morgan fingerprint density at radius 3 is 2.26 bits per heavy atom. The van der Waals surface area contributed by atoms with Crippen molar-refractivity contribution in [3.63, 3.8) is 0 Å². The van der Waals surface area contributed by atoms with Crippen LogP contribution < -0.4 is 14.9 Å². The number of phenols is 2. The van der Waals surface area contributed by atoms with Crippen LogP contribution in [0.1, 0.15) is 0 Å². The number of benzene rings is 2. The second kappa shape index (κ2) is 7.98. The van der Waals surface area contributed by atoms with Crippen molar-refractivity contribution in [2.45, 2.75) is 0 Å². The third-order valence-electron chi connectivity index (χ3n) is 3.75. The van der Waals surface area contributed by atoms with Gasteiger partial charge in [-0.1, -0.05) is 0 Å². The number of hydrogen-bond acceptors (Lipinski definition) is 8. The summed E-state index contributed by atoms with van der Waals surface area (Å²) in [5.74, 6) is -0.345. The Morgan fingerprint density at radius 1 is 0.926 bits per heavy atom. The van der Waals surface area contributed by atoms with Crippen molar-refractivity contribution >= 4 is 11.0 Å². The lowest BCUT2D eigenvalue weighted by atomic mass is 10.1. The summed E-state index contributed by atoms with van der Waals surface area (Å²) >= 11 is 0. The first-order valence-corrected chi connectivity index (χ1v) is 7.92. The molecule has 142 valence electrons. The number of ether oxygens (including phenoxy) is 4. The van der Waals surface area contributed by atoms with Crippen molar-refractivity contribution in [2.75, 3.05) is 27.8 Å². The minimum Gasteiger partial charge on any atom is -0.504 e. The highest BCUT2D eigenvalue weighted by atomic mass is 16.7. The predicted octanol–water partition coefficient (Wildman–Crippen LogP) is 2.84. The summed E-state index contributed by atoms with van der Waals surface area (Å²) < 4.78 is 25.9. The van der Waals surface area contributed by atoms with Crippen LogP contribution in [0, 0.1) is 0 Å². The molecule has 0 saturated carbocycles. The Hall–Kier alpha value is -3.23. The quantitative estimate of drug-likeness (QED) is 0.480. The topological polar surface area (TPSA) is 108 Å². The molecule has 0 saturated heterocycles. The molecule has 1 heterocycles. The summed E-state index contributed by atoms with van der Waals surface area (Å²) in [4.78, 5) is 12.4. The van der Waals surface area contributed by atoms with Gasteiger partial charge in [0.1, 0.15) is 22.5 Å². The molecule has 0 bridgehead atoms. The fraction of sp³-hybridized carbons (Fsp3) is 0.211. The highest BCUT2D eigenvalue weighted by Crippen LogP contribution is 2.41. The van der Waals surface area contributed by atoms with E-state index in [0.717, 1.165) is 0 Å². The standard InChI is InChI=1S/C19H18O8/c1-23-9-25-12-5-3-11(4-6-12)14-7-13(20)17-15(27-14)8-16(26-10-24-2)18(21)19(17)22/h3-8,21-22H,9-10H2,1-2H3. The van der Waals surface area contributed by atoms with Crippen molar-refractivity contribution in [1.82, 2.24) is 0 Å². The molecule has 0 aliphatic carbocycles. The molecule has 8 heteroatoms. The van der Waals surface area contributed by atoms with Crippen LogP contribution in [-0.4, -0.2) is 38.0 Å². The molecular weight excluding hydrogens is 356 g/mol. The molecule has 2 N–H and O–H groups in total. The lowest BCUT2D eigenvalue weighted by Crippen LogP contribution is -2.03. The van der Waals surface area contributed by atoms with Crippen molar-refractivity contribution in [2.24, 2.45) is 0 Å². The molecule has 27 heavy (non-hydrogen) atoms. The summed E-state index contributed by atoms with van der Waals surface area (Å²) in [6, 6.07) is 9.42. The van der Waals surface area contributed by atoms with E-state index in [1.165, 1.54) is 26.4 Å². The van der Waals surface area contributed by atoms with E-state index >= 15 is 0 Å². The third-order valence-corrected chi connectivity index (χ3v) is 3.75. The highest BCUT2D eigenvalue weighted by Gasteiger charge is 2.18. The largest absolute Gasteiger partial charge is 0.504 e. The van der Waals surface area contributed by atoms with Crippen LogP contribution in [0.5, 0.6) is 23.0 Å². The molecule has 2 aromatic carbocycles. The van der Waals surface area contributed by atoms with Gasteiger partial charge in [-0.3, -0.25) is 4.79 Å². The second-order valence-electron chi connectivity index (χ2n) is 5.55. The van der Waals surface area contributed by atoms with Crippen LogP contribution in [-0.2, 0) is 9.47 Å². The molecule has 0 unspecified atom stereocenters. The fourth-order valence-corrected chi connectivity index (χ4v) is 2.49. The first kappa shape index (κ1) is 18.6. The lowest BCUT2D eigenvalue weighted by Gasteiger charge is -2.11. The van der Waals surface area contributed by atoms with E-state index in [0.29, 0.717) is 11.3 Å². The van der Waals surface area contributed by atoms with Gasteiger partial charge in [0.15, 0.2) is 30.5 Å². The molecule has 0 atom stereocenters. The van der Waals surface area contributed by atoms with E-state index in [4.69, 9.17) is 23.4 Å². The van der Waals surface area contributed by atoms with E-state index in [-0.39, 0.29) is 36.1 Å². The molecule has 0 fully saturated rings. The second-order valence-corrected chi connectivity index (χ2v) is 5.55. The monoisotopic (exact) mass is 374 g/mol. The number of fused-ring (bicyclic) bond motifs is 1. The average molecular weight is 374 g/mol. The first-order valence-electron chi connectivity index (χ1n) is 7.92. The van der Waals surface area contributed by atoms with Crippen molar-refractivity contribution < 1.29 is 33.6 Å². The molecule has 0 amide bonds. The van der Waals surface area contributed by atoms with Crippen LogP contribution in [0.4, 0.5) is 0 Å². The molecular formula is C19H18O8. The smallest absolute Gasteiger partial charge is 0.201 e. The van der Waals surface area contributed by atoms with Gasteiger partial charge in [0.05, 0.1) is 0 Å². The van der Waals surface area contributed by atoms with Gasteiger partial charge in [-0.2, -0.15) is 0 Å². The summed E-state index contributed by atoms with van der Waals surface area (Å²) in [6.07, 6.45) is 0. The van der Waals surface area contributed by atoms with Gasteiger partial charge >= 0.3 is 0 Å². The van der Waals surface area contributed by atoms with Crippen LogP contribution in [0.2, 0.25) is 0 Å². The van der Waals surface area contributed by atoms with E-state index in [1.54, 1.807) is 24.3 Å². The number of hydrogen-bond donors (Lipinski definition) is 2. The molecule has 8 nitrogen and oxygen atoms in total. The molecule has 1 aromatic heterocycles. The van der Waals surface area contributed by atoms with E-state index in [2.05, 4.69) is 0 Å². The van der Waals surface area contributed by atoms with E-state index < -0.39 is 16.9 Å². The zero-order valence-electron chi connectivity index (χ0n) is 14.7. The zero-order valence-corrected chi connectivity index (χ0v) is 14.7. The van der Waals surface area contributed by atoms with Gasteiger partial charge in [-0.15, -0.1) is 0 Å². The molecule has 0 aliphatic rings. The van der Waals surface area contributed by atoms with Gasteiger partial charge in [-0.25, -0.2) is 0 Å². The molecule has 0 spiro atoms. The number of aromatic hydroxyl groups is 2. The van der Waals surface area contributed by atoms with E-state index in [1.807, 2.05) is 0 Å². The Labute approximate surface area is 154 Å². The SMILES string of the molecule is COCOc1ccc(-c2cc(=O)c3c(O)c(O)c(OCOC)cc3o2)cc1. The highest BCUT2D eigenvalue weighted by molar-refractivity contribution is 5.89. The summed E-state index contributed by atoms with van der Waals surface area (Å²) in [6.45, 7) is -0.0250. The Kier molecular flexibility index (Phi) is 5.49. The van der Waals surface area contributed by atoms with Crippen LogP contribution >= 0.6 is 0 Å². The van der Waals surface area contributed by atoms with Crippen LogP contribution in [0.25, 0.3) is 22.3 Å². The Bertz CT molecular complexity index is 991. The molecule has 0 radical (unpaired) electrons. The zero-order chi connectivity index (χ0) is 19.4. The Morgan fingerprint density at radius 2 is 1.59 bits per heavy atom. The summed E-state index contributed by atoms with van der Waals surface area (Å²) in [5.41, 5.74) is 0.196. The van der Waals surface area contributed by atoms with Crippen LogP contribution in [0.3, 0.4) is 0 Å². The Balaban J connectivity index is 2.05. The van der Waals surface area contributed by atoms with Crippen molar-refractivity contribution in [3.05, 3.63) is 46.6 Å². The maximum Gasteiger partial charge on any atom is 0.201 e. The van der Waals surface area contributed by atoms with Crippen molar-refractivity contribution in [1.29, 1.82) is 0 Å². The predicted molar refractivity (Wildman–Crippen MR) is 96.3 cm³/mol. The number of methoxy groups -OCH3 is 2. The third kappa shape index (κ3) is 3.81. The number of phenolic OH excluding ortho intramolecular Hbond substituents is 2. The average Bonchev–Trinajstić information content (AvgIpc) is 2.68. The van der Waals surface area contributed by atoms with Crippen LogP contribution in [0.15, 0.2) is 45.6 Å². The maximum absolute atomic E-state index is 12.4. The molecule has 3 rings (SSSR count). The van der Waals surface area contributed by atoms with Crippen molar-refractivity contribution in [3.8, 4) is 34.3 Å².